The van der Waals surface area contributed by atoms with Gasteiger partial charge in [-0.3, -0.25) is 19.8 Å². The van der Waals surface area contributed by atoms with Crippen LogP contribution in [0.3, 0.4) is 0 Å². The fourth-order valence-corrected chi connectivity index (χ4v) is 4.48. The zero-order valence-electron chi connectivity index (χ0n) is 17.0. The maximum Gasteiger partial charge on any atom is 0.269 e. The summed E-state index contributed by atoms with van der Waals surface area (Å²) < 4.78 is 11.5. The van der Waals surface area contributed by atoms with E-state index < -0.39 is 4.92 Å². The van der Waals surface area contributed by atoms with E-state index in [0.29, 0.717) is 39.3 Å². The highest BCUT2D eigenvalue weighted by molar-refractivity contribution is 8.26. The van der Waals surface area contributed by atoms with E-state index in [1.165, 1.54) is 23.9 Å². The molecule has 0 spiro atoms. The SMILES string of the molecule is COc1ccc(CCN2C(=O)/C(=C\c3ccc(-c4ccc([N+](=O)[O-])cc4)o3)SC2=S)cc1. The zero-order chi connectivity index (χ0) is 22.7. The summed E-state index contributed by atoms with van der Waals surface area (Å²) in [6.07, 6.45) is 2.34. The number of thioether (sulfide) groups is 1. The van der Waals surface area contributed by atoms with Gasteiger partial charge in [-0.2, -0.15) is 0 Å². The van der Waals surface area contributed by atoms with E-state index in [-0.39, 0.29) is 11.6 Å². The Hall–Kier alpha value is -3.43. The van der Waals surface area contributed by atoms with Crippen molar-refractivity contribution < 1.29 is 18.9 Å². The molecule has 1 aromatic heterocycles. The summed E-state index contributed by atoms with van der Waals surface area (Å²) in [5.41, 5.74) is 1.81. The largest absolute Gasteiger partial charge is 0.497 e. The van der Waals surface area contributed by atoms with Crippen molar-refractivity contribution in [3.05, 3.63) is 87.0 Å². The van der Waals surface area contributed by atoms with Crippen molar-refractivity contribution in [3.8, 4) is 17.1 Å². The van der Waals surface area contributed by atoms with E-state index in [2.05, 4.69) is 0 Å². The minimum atomic E-state index is -0.450. The average Bonchev–Trinajstić information content (AvgIpc) is 3.37. The number of amides is 1. The Balaban J connectivity index is 1.43. The van der Waals surface area contributed by atoms with Gasteiger partial charge in [-0.05, 0) is 48.4 Å². The lowest BCUT2D eigenvalue weighted by Gasteiger charge is -2.14. The van der Waals surface area contributed by atoms with Crippen molar-refractivity contribution in [1.82, 2.24) is 4.90 Å². The van der Waals surface area contributed by atoms with Crippen molar-refractivity contribution in [2.45, 2.75) is 6.42 Å². The average molecular weight is 467 g/mol. The second-order valence-electron chi connectivity index (χ2n) is 6.94. The lowest BCUT2D eigenvalue weighted by atomic mass is 10.1. The van der Waals surface area contributed by atoms with E-state index in [1.807, 2.05) is 24.3 Å². The Bertz CT molecular complexity index is 1200. The zero-order valence-corrected chi connectivity index (χ0v) is 18.7. The molecule has 0 N–H and O–H groups in total. The van der Waals surface area contributed by atoms with Crippen molar-refractivity contribution in [1.29, 1.82) is 0 Å². The summed E-state index contributed by atoms with van der Waals surface area (Å²) in [5, 5.41) is 10.8. The number of carbonyl (C=O) groups is 1. The maximum atomic E-state index is 12.8. The molecule has 0 aliphatic carbocycles. The lowest BCUT2D eigenvalue weighted by Crippen LogP contribution is -2.30. The summed E-state index contributed by atoms with van der Waals surface area (Å²) in [5.74, 6) is 1.70. The van der Waals surface area contributed by atoms with Crippen LogP contribution in [-0.4, -0.2) is 33.7 Å². The number of methoxy groups -OCH3 is 1. The maximum absolute atomic E-state index is 12.8. The minimum Gasteiger partial charge on any atom is -0.497 e. The Kier molecular flexibility index (Phi) is 6.38. The van der Waals surface area contributed by atoms with Crippen LogP contribution in [0.1, 0.15) is 11.3 Å². The van der Waals surface area contributed by atoms with Gasteiger partial charge >= 0.3 is 0 Å². The molecule has 2 heterocycles. The number of carbonyl (C=O) groups excluding carboxylic acids is 1. The monoisotopic (exact) mass is 466 g/mol. The quantitative estimate of drug-likeness (QED) is 0.202. The molecule has 0 atom stereocenters. The Morgan fingerprint density at radius 3 is 2.50 bits per heavy atom. The highest BCUT2D eigenvalue weighted by Crippen LogP contribution is 2.34. The molecule has 1 aliphatic heterocycles. The highest BCUT2D eigenvalue weighted by Gasteiger charge is 2.32. The first kappa shape index (κ1) is 21.8. The molecule has 2 aromatic carbocycles. The molecule has 3 aromatic rings. The number of nitrogens with zero attached hydrogens (tertiary/aromatic N) is 2. The molecule has 1 aliphatic rings. The van der Waals surface area contributed by atoms with Gasteiger partial charge in [-0.1, -0.05) is 36.1 Å². The van der Waals surface area contributed by atoms with Crippen LogP contribution in [0.15, 0.2) is 70.0 Å². The van der Waals surface area contributed by atoms with Crippen molar-refractivity contribution in [2.24, 2.45) is 0 Å². The third-order valence-electron chi connectivity index (χ3n) is 4.92. The van der Waals surface area contributed by atoms with E-state index in [9.17, 15) is 14.9 Å². The van der Waals surface area contributed by atoms with Crippen LogP contribution < -0.4 is 4.74 Å². The van der Waals surface area contributed by atoms with Gasteiger partial charge in [0.2, 0.25) is 0 Å². The number of non-ortho nitro benzene ring substituents is 1. The Morgan fingerprint density at radius 2 is 1.84 bits per heavy atom. The van der Waals surface area contributed by atoms with Crippen LogP contribution in [0.5, 0.6) is 5.75 Å². The van der Waals surface area contributed by atoms with Gasteiger partial charge in [0.1, 0.15) is 21.6 Å². The van der Waals surface area contributed by atoms with Gasteiger partial charge in [0.05, 0.1) is 16.9 Å². The number of benzene rings is 2. The molecule has 1 amide bonds. The molecule has 7 nitrogen and oxygen atoms in total. The van der Waals surface area contributed by atoms with Crippen molar-refractivity contribution in [2.75, 3.05) is 13.7 Å². The van der Waals surface area contributed by atoms with E-state index in [1.54, 1.807) is 42.4 Å². The fraction of sp³-hybridized carbons (Fsp3) is 0.130. The third kappa shape index (κ3) is 4.74. The second-order valence-corrected chi connectivity index (χ2v) is 8.61. The molecule has 4 rings (SSSR count). The van der Waals surface area contributed by atoms with Gasteiger partial charge in [0.25, 0.3) is 11.6 Å². The summed E-state index contributed by atoms with van der Waals surface area (Å²) in [7, 11) is 1.62. The summed E-state index contributed by atoms with van der Waals surface area (Å²) in [6, 6.07) is 17.3. The first-order valence-corrected chi connectivity index (χ1v) is 10.9. The van der Waals surface area contributed by atoms with Crippen LogP contribution >= 0.6 is 24.0 Å². The number of rotatable bonds is 7. The number of ether oxygens (including phenoxy) is 1. The molecule has 0 saturated carbocycles. The smallest absolute Gasteiger partial charge is 0.269 e. The standard InChI is InChI=1S/C23H18N2O5S2/c1-29-18-8-2-15(3-9-18)12-13-24-22(26)21(32-23(24)31)14-19-10-11-20(30-19)16-4-6-17(7-5-16)25(27)28/h2-11,14H,12-13H2,1H3/b21-14+. The van der Waals surface area contributed by atoms with Gasteiger partial charge in [-0.15, -0.1) is 0 Å². The third-order valence-corrected chi connectivity index (χ3v) is 6.30. The lowest BCUT2D eigenvalue weighted by molar-refractivity contribution is -0.384. The second kappa shape index (κ2) is 9.37. The van der Waals surface area contributed by atoms with E-state index in [0.717, 1.165) is 11.3 Å². The first-order valence-electron chi connectivity index (χ1n) is 9.67. The van der Waals surface area contributed by atoms with Crippen LogP contribution in [0.4, 0.5) is 5.69 Å². The highest BCUT2D eigenvalue weighted by atomic mass is 32.2. The number of hydrogen-bond acceptors (Lipinski definition) is 7. The van der Waals surface area contributed by atoms with E-state index >= 15 is 0 Å². The normalized spacial score (nSPS) is 14.9. The molecule has 32 heavy (non-hydrogen) atoms. The van der Waals surface area contributed by atoms with Crippen molar-refractivity contribution >= 4 is 46.0 Å². The number of furan rings is 1. The number of thiocarbonyl (C=S) groups is 1. The Labute approximate surface area is 193 Å². The molecule has 1 fully saturated rings. The van der Waals surface area contributed by atoms with Gasteiger partial charge in [0.15, 0.2) is 0 Å². The van der Waals surface area contributed by atoms with Gasteiger partial charge in [-0.25, -0.2) is 0 Å². The molecule has 0 radical (unpaired) electrons. The van der Waals surface area contributed by atoms with Gasteiger partial charge in [0, 0.05) is 30.3 Å². The predicted molar refractivity (Wildman–Crippen MR) is 127 cm³/mol. The fourth-order valence-electron chi connectivity index (χ4n) is 3.19. The first-order chi connectivity index (χ1) is 15.4. The molecule has 1 saturated heterocycles. The van der Waals surface area contributed by atoms with Crippen LogP contribution in [0.2, 0.25) is 0 Å². The molecule has 0 unspecified atom stereocenters. The van der Waals surface area contributed by atoms with Crippen molar-refractivity contribution in [3.63, 3.8) is 0 Å². The molecular formula is C23H18N2O5S2. The van der Waals surface area contributed by atoms with E-state index in [4.69, 9.17) is 21.4 Å². The van der Waals surface area contributed by atoms with Crippen LogP contribution in [-0.2, 0) is 11.2 Å². The number of nitro groups is 1. The summed E-state index contributed by atoms with van der Waals surface area (Å²) >= 11 is 6.64. The van der Waals surface area contributed by atoms with Gasteiger partial charge < -0.3 is 9.15 Å². The Morgan fingerprint density at radius 1 is 1.12 bits per heavy atom. The number of nitro benzene ring substituents is 1. The van der Waals surface area contributed by atoms with Crippen LogP contribution in [0, 0.1) is 10.1 Å². The molecule has 0 bridgehead atoms. The summed E-state index contributed by atoms with van der Waals surface area (Å²) in [6.45, 7) is 0.487. The summed E-state index contributed by atoms with van der Waals surface area (Å²) in [4.78, 5) is 25.3. The number of hydrogen-bond donors (Lipinski definition) is 0. The molecule has 9 heteroatoms. The topological polar surface area (TPSA) is 85.8 Å². The molecular weight excluding hydrogens is 448 g/mol. The molecule has 162 valence electrons. The van der Waals surface area contributed by atoms with Crippen LogP contribution in [0.25, 0.3) is 17.4 Å². The minimum absolute atomic E-state index is 0.0128. The predicted octanol–water partition coefficient (Wildman–Crippen LogP) is 5.31.